The Morgan fingerprint density at radius 2 is 1.95 bits per heavy atom. The average Bonchev–Trinajstić information content (AvgIpc) is 2.93. The number of nitrogen functional groups attached to an aromatic ring is 1. The predicted octanol–water partition coefficient (Wildman–Crippen LogP) is 2.13. The fraction of sp³-hybridized carbons (Fsp3) is 0.312. The molecule has 0 spiro atoms. The first kappa shape index (κ1) is 13.5. The average molecular weight is 285 g/mol. The summed E-state index contributed by atoms with van der Waals surface area (Å²) < 4.78 is 5.21. The zero-order valence-corrected chi connectivity index (χ0v) is 12.1. The lowest BCUT2D eigenvalue weighted by Crippen LogP contribution is -2.48. The van der Waals surface area contributed by atoms with Gasteiger partial charge in [0.25, 0.3) is 5.91 Å². The number of carbonyl (C=O) groups excluding carboxylic acids is 1. The van der Waals surface area contributed by atoms with Crippen LogP contribution in [0.5, 0.6) is 0 Å². The van der Waals surface area contributed by atoms with Crippen molar-refractivity contribution in [3.8, 4) is 0 Å². The molecule has 0 bridgehead atoms. The molecule has 0 saturated carbocycles. The first-order valence-corrected chi connectivity index (χ1v) is 7.09. The van der Waals surface area contributed by atoms with Crippen molar-refractivity contribution in [2.75, 3.05) is 36.8 Å². The minimum atomic E-state index is 0.0495. The van der Waals surface area contributed by atoms with E-state index in [2.05, 4.69) is 4.90 Å². The number of amides is 1. The minimum absolute atomic E-state index is 0.0495. The number of nitrogens with zero attached hydrogens (tertiary/aromatic N) is 2. The van der Waals surface area contributed by atoms with Crippen molar-refractivity contribution in [3.05, 3.63) is 47.9 Å². The zero-order chi connectivity index (χ0) is 14.8. The van der Waals surface area contributed by atoms with E-state index in [0.29, 0.717) is 24.4 Å². The number of anilines is 2. The minimum Gasteiger partial charge on any atom is -0.469 e. The number of hydrogen-bond donors (Lipinski definition) is 1. The van der Waals surface area contributed by atoms with Crippen LogP contribution in [0, 0.1) is 6.92 Å². The van der Waals surface area contributed by atoms with Gasteiger partial charge in [0.05, 0.1) is 11.8 Å². The third kappa shape index (κ3) is 2.72. The van der Waals surface area contributed by atoms with Crippen LogP contribution in [0.2, 0.25) is 0 Å². The lowest BCUT2D eigenvalue weighted by molar-refractivity contribution is 0.0745. The van der Waals surface area contributed by atoms with Gasteiger partial charge in [0.15, 0.2) is 0 Å². The Morgan fingerprint density at radius 1 is 1.19 bits per heavy atom. The Hall–Kier alpha value is -2.43. The smallest absolute Gasteiger partial charge is 0.257 e. The summed E-state index contributed by atoms with van der Waals surface area (Å²) in [7, 11) is 0. The van der Waals surface area contributed by atoms with Crippen LogP contribution >= 0.6 is 0 Å². The SMILES string of the molecule is Cc1occc1C(=O)N1CCN(c2cccc(N)c2)CC1. The lowest BCUT2D eigenvalue weighted by atomic mass is 10.2. The Kier molecular flexibility index (Phi) is 3.56. The molecule has 1 fully saturated rings. The Balaban J connectivity index is 1.65. The van der Waals surface area contributed by atoms with Crippen LogP contribution in [-0.2, 0) is 0 Å². The molecule has 1 saturated heterocycles. The normalized spacial score (nSPS) is 15.3. The number of piperazine rings is 1. The Labute approximate surface area is 123 Å². The van der Waals surface area contributed by atoms with Gasteiger partial charge in [-0.05, 0) is 31.2 Å². The highest BCUT2D eigenvalue weighted by Crippen LogP contribution is 2.20. The molecule has 5 heteroatoms. The van der Waals surface area contributed by atoms with E-state index < -0.39 is 0 Å². The van der Waals surface area contributed by atoms with E-state index in [1.54, 1.807) is 12.3 Å². The zero-order valence-electron chi connectivity index (χ0n) is 12.1. The van der Waals surface area contributed by atoms with Crippen LogP contribution in [0.1, 0.15) is 16.1 Å². The van der Waals surface area contributed by atoms with Gasteiger partial charge in [-0.2, -0.15) is 0 Å². The molecule has 1 amide bonds. The summed E-state index contributed by atoms with van der Waals surface area (Å²) >= 11 is 0. The first-order valence-electron chi connectivity index (χ1n) is 7.09. The summed E-state index contributed by atoms with van der Waals surface area (Å²) in [6, 6.07) is 9.59. The molecule has 1 aliphatic rings. The first-order chi connectivity index (χ1) is 10.1. The molecular formula is C16H19N3O2. The summed E-state index contributed by atoms with van der Waals surface area (Å²) in [5, 5.41) is 0. The summed E-state index contributed by atoms with van der Waals surface area (Å²) in [4.78, 5) is 16.5. The summed E-state index contributed by atoms with van der Waals surface area (Å²) in [6.07, 6.45) is 1.56. The number of furan rings is 1. The molecule has 2 aromatic rings. The largest absolute Gasteiger partial charge is 0.469 e. The van der Waals surface area contributed by atoms with Crippen LogP contribution in [-0.4, -0.2) is 37.0 Å². The van der Waals surface area contributed by atoms with Crippen molar-refractivity contribution < 1.29 is 9.21 Å². The van der Waals surface area contributed by atoms with Gasteiger partial charge in [-0.1, -0.05) is 6.07 Å². The molecule has 1 aliphatic heterocycles. The van der Waals surface area contributed by atoms with Gasteiger partial charge in [-0.3, -0.25) is 4.79 Å². The van der Waals surface area contributed by atoms with Crippen LogP contribution < -0.4 is 10.6 Å². The predicted molar refractivity (Wildman–Crippen MR) is 82.4 cm³/mol. The van der Waals surface area contributed by atoms with E-state index in [4.69, 9.17) is 10.2 Å². The highest BCUT2D eigenvalue weighted by atomic mass is 16.3. The molecule has 110 valence electrons. The van der Waals surface area contributed by atoms with Gasteiger partial charge in [-0.25, -0.2) is 0 Å². The molecule has 2 heterocycles. The molecule has 1 aromatic carbocycles. The standard InChI is InChI=1S/C16H19N3O2/c1-12-15(5-10-21-12)16(20)19-8-6-18(7-9-19)14-4-2-3-13(17)11-14/h2-5,10-11H,6-9,17H2,1H3. The second kappa shape index (κ2) is 5.52. The van der Waals surface area contributed by atoms with E-state index in [0.717, 1.165) is 24.5 Å². The molecular weight excluding hydrogens is 266 g/mol. The van der Waals surface area contributed by atoms with Crippen LogP contribution in [0.4, 0.5) is 11.4 Å². The maximum Gasteiger partial charge on any atom is 0.257 e. The fourth-order valence-electron chi connectivity index (χ4n) is 2.67. The number of nitrogens with two attached hydrogens (primary N) is 1. The summed E-state index contributed by atoms with van der Waals surface area (Å²) in [5.74, 6) is 0.728. The Morgan fingerprint density at radius 3 is 2.57 bits per heavy atom. The number of carbonyl (C=O) groups is 1. The van der Waals surface area contributed by atoms with E-state index in [9.17, 15) is 4.79 Å². The van der Waals surface area contributed by atoms with Crippen LogP contribution in [0.3, 0.4) is 0 Å². The molecule has 3 rings (SSSR count). The van der Waals surface area contributed by atoms with E-state index >= 15 is 0 Å². The van der Waals surface area contributed by atoms with Crippen molar-refractivity contribution in [1.82, 2.24) is 4.90 Å². The molecule has 0 aliphatic carbocycles. The third-order valence-electron chi connectivity index (χ3n) is 3.89. The molecule has 21 heavy (non-hydrogen) atoms. The van der Waals surface area contributed by atoms with Gasteiger partial charge >= 0.3 is 0 Å². The quantitative estimate of drug-likeness (QED) is 0.859. The van der Waals surface area contributed by atoms with Crippen molar-refractivity contribution in [1.29, 1.82) is 0 Å². The van der Waals surface area contributed by atoms with Gasteiger partial charge in [0.2, 0.25) is 0 Å². The number of rotatable bonds is 2. The molecule has 0 radical (unpaired) electrons. The maximum atomic E-state index is 12.4. The van der Waals surface area contributed by atoms with Gasteiger partial charge in [0.1, 0.15) is 5.76 Å². The highest BCUT2D eigenvalue weighted by molar-refractivity contribution is 5.95. The molecule has 2 N–H and O–H groups in total. The molecule has 5 nitrogen and oxygen atoms in total. The van der Waals surface area contributed by atoms with Crippen molar-refractivity contribution in [3.63, 3.8) is 0 Å². The third-order valence-corrected chi connectivity index (χ3v) is 3.89. The highest BCUT2D eigenvalue weighted by Gasteiger charge is 2.24. The summed E-state index contributed by atoms with van der Waals surface area (Å²) in [5.41, 5.74) is 8.36. The number of benzene rings is 1. The molecule has 0 unspecified atom stereocenters. The van der Waals surface area contributed by atoms with Crippen molar-refractivity contribution >= 4 is 17.3 Å². The monoisotopic (exact) mass is 285 g/mol. The number of aryl methyl sites for hydroxylation is 1. The number of hydrogen-bond acceptors (Lipinski definition) is 4. The van der Waals surface area contributed by atoms with E-state index in [1.165, 1.54) is 0 Å². The maximum absolute atomic E-state index is 12.4. The molecule has 0 atom stereocenters. The lowest BCUT2D eigenvalue weighted by Gasteiger charge is -2.36. The van der Waals surface area contributed by atoms with Gasteiger partial charge < -0.3 is 20.0 Å². The second-order valence-electron chi connectivity index (χ2n) is 5.26. The van der Waals surface area contributed by atoms with Gasteiger partial charge in [0, 0.05) is 37.6 Å². The van der Waals surface area contributed by atoms with E-state index in [-0.39, 0.29) is 5.91 Å². The molecule has 1 aromatic heterocycles. The topological polar surface area (TPSA) is 62.7 Å². The van der Waals surface area contributed by atoms with Crippen LogP contribution in [0.25, 0.3) is 0 Å². The Bertz CT molecular complexity index is 642. The van der Waals surface area contributed by atoms with Gasteiger partial charge in [-0.15, -0.1) is 0 Å². The summed E-state index contributed by atoms with van der Waals surface area (Å²) in [6.45, 7) is 4.85. The van der Waals surface area contributed by atoms with Crippen molar-refractivity contribution in [2.24, 2.45) is 0 Å². The van der Waals surface area contributed by atoms with Crippen LogP contribution in [0.15, 0.2) is 41.0 Å². The van der Waals surface area contributed by atoms with Crippen molar-refractivity contribution in [2.45, 2.75) is 6.92 Å². The fourth-order valence-corrected chi connectivity index (χ4v) is 2.67. The second-order valence-corrected chi connectivity index (χ2v) is 5.26. The van der Waals surface area contributed by atoms with E-state index in [1.807, 2.05) is 36.1 Å².